The highest BCUT2D eigenvalue weighted by molar-refractivity contribution is 5.10. The van der Waals surface area contributed by atoms with Gasteiger partial charge in [0.1, 0.15) is 11.5 Å². The van der Waals surface area contributed by atoms with Crippen molar-refractivity contribution in [2.24, 2.45) is 0 Å². The summed E-state index contributed by atoms with van der Waals surface area (Å²) >= 11 is 0. The molecule has 0 fully saturated rings. The summed E-state index contributed by atoms with van der Waals surface area (Å²) in [6.07, 6.45) is 0. The highest BCUT2D eigenvalue weighted by Gasteiger charge is 1.86. The van der Waals surface area contributed by atoms with Gasteiger partial charge < -0.3 is 4.42 Å². The van der Waals surface area contributed by atoms with Crippen molar-refractivity contribution < 1.29 is 4.42 Å². The molecule has 1 nitrogen and oxygen atoms in total. The van der Waals surface area contributed by atoms with E-state index in [9.17, 15) is 0 Å². The molecule has 0 unspecified atom stereocenters. The van der Waals surface area contributed by atoms with E-state index in [1.807, 2.05) is 0 Å². The third-order valence-corrected chi connectivity index (χ3v) is 0.648. The maximum atomic E-state index is 5.13. The molecule has 7 heavy (non-hydrogen) atoms. The maximum absolute atomic E-state index is 5.13. The van der Waals surface area contributed by atoms with Crippen molar-refractivity contribution >= 4 is 0 Å². The van der Waals surface area contributed by atoms with Crippen molar-refractivity contribution in [3.05, 3.63) is 37.5 Å². The Morgan fingerprint density at radius 2 is 1.57 bits per heavy atom. The molecule has 1 aromatic heterocycles. The molecule has 1 rings (SSSR count). The van der Waals surface area contributed by atoms with Gasteiger partial charge in [-0.3, -0.25) is 0 Å². The van der Waals surface area contributed by atoms with Crippen molar-refractivity contribution in [2.75, 3.05) is 0 Å². The van der Waals surface area contributed by atoms with Crippen LogP contribution in [0.3, 0.4) is 0 Å². The van der Waals surface area contributed by atoms with E-state index in [4.69, 9.17) is 13.8 Å². The first-order chi connectivity index (χ1) is 3.29. The molecule has 0 N–H and O–H groups in total. The third-order valence-electron chi connectivity index (χ3n) is 0.648. The molecule has 0 aromatic carbocycles. The molecule has 0 spiro atoms. The Balaban J connectivity index is 3.04. The number of furan rings is 1. The second-order valence-electron chi connectivity index (χ2n) is 1.24. The molecule has 1 aromatic rings. The highest BCUT2D eigenvalue weighted by Crippen LogP contribution is 2.02. The Labute approximate surface area is 43.0 Å². The van der Waals surface area contributed by atoms with Crippen molar-refractivity contribution in [3.8, 4) is 0 Å². The van der Waals surface area contributed by atoms with E-state index in [0.29, 0.717) is 11.5 Å². The van der Waals surface area contributed by atoms with Crippen molar-refractivity contribution in [1.82, 2.24) is 0 Å². The second-order valence-corrected chi connectivity index (χ2v) is 1.24. The minimum atomic E-state index is 0.359. The minimum absolute atomic E-state index is 0.359. The highest BCUT2D eigenvalue weighted by atomic mass is 16.3. The summed E-state index contributed by atoms with van der Waals surface area (Å²) in [5.41, 5.74) is 0. The zero-order valence-corrected chi connectivity index (χ0v) is 3.72. The van der Waals surface area contributed by atoms with Crippen molar-refractivity contribution in [2.45, 2.75) is 0 Å². The van der Waals surface area contributed by atoms with Crippen LogP contribution in [0, 0.1) is 13.8 Å². The maximum Gasteiger partial charge on any atom is 0.108 e. The van der Waals surface area contributed by atoms with Crippen LogP contribution in [0.15, 0.2) is 16.5 Å². The van der Waals surface area contributed by atoms with Gasteiger partial charge in [-0.15, -0.1) is 0 Å². The Kier molecular flexibility index (Phi) is 0.895. The van der Waals surface area contributed by atoms with Crippen LogP contribution in [0.5, 0.6) is 0 Å². The lowest BCUT2D eigenvalue weighted by Crippen LogP contribution is -1.54. The van der Waals surface area contributed by atoms with E-state index < -0.39 is 0 Å². The van der Waals surface area contributed by atoms with E-state index in [0.717, 1.165) is 0 Å². The molecular formula is C6H4O. The number of hydrogen-bond donors (Lipinski definition) is 0. The summed E-state index contributed by atoms with van der Waals surface area (Å²) in [6.45, 7) is 10.3. The van der Waals surface area contributed by atoms with Crippen LogP contribution in [0.4, 0.5) is 0 Å². The predicted molar refractivity (Wildman–Crippen MR) is 25.5 cm³/mol. The molecule has 0 amide bonds. The van der Waals surface area contributed by atoms with Gasteiger partial charge in [-0.25, -0.2) is 0 Å². The summed E-state index contributed by atoms with van der Waals surface area (Å²) in [7, 11) is 0. The summed E-state index contributed by atoms with van der Waals surface area (Å²) in [5.74, 6) is 0.718. The van der Waals surface area contributed by atoms with Crippen LogP contribution in [-0.4, -0.2) is 0 Å². The van der Waals surface area contributed by atoms with Crippen LogP contribution in [0.25, 0.3) is 0 Å². The van der Waals surface area contributed by atoms with Gasteiger partial charge in [-0.05, 0) is 12.1 Å². The van der Waals surface area contributed by atoms with Crippen LogP contribution >= 0.6 is 0 Å². The largest absolute Gasteiger partial charge is 0.465 e. The molecule has 0 aliphatic heterocycles. The van der Waals surface area contributed by atoms with Crippen LogP contribution in [0.1, 0.15) is 11.5 Å². The molecular weight excluding hydrogens is 88.1 g/mol. The van der Waals surface area contributed by atoms with Crippen LogP contribution < -0.4 is 0 Å². The zero-order chi connectivity index (χ0) is 5.28. The molecule has 0 saturated heterocycles. The quantitative estimate of drug-likeness (QED) is 0.471. The molecule has 1 heterocycles. The Morgan fingerprint density at radius 3 is 1.71 bits per heavy atom. The van der Waals surface area contributed by atoms with Gasteiger partial charge >= 0.3 is 0 Å². The molecule has 34 valence electrons. The Hall–Kier alpha value is -0.720. The van der Waals surface area contributed by atoms with Crippen molar-refractivity contribution in [3.63, 3.8) is 0 Å². The van der Waals surface area contributed by atoms with E-state index in [-0.39, 0.29) is 0 Å². The third kappa shape index (κ3) is 0.829. The lowest BCUT2D eigenvalue weighted by molar-refractivity contribution is 0.531. The van der Waals surface area contributed by atoms with Gasteiger partial charge in [0.25, 0.3) is 0 Å². The Bertz CT molecular complexity index is 136. The minimum Gasteiger partial charge on any atom is -0.465 e. The van der Waals surface area contributed by atoms with Gasteiger partial charge in [0.05, 0.1) is 0 Å². The van der Waals surface area contributed by atoms with E-state index in [2.05, 4.69) is 4.42 Å². The van der Waals surface area contributed by atoms with E-state index in [1.54, 1.807) is 12.1 Å². The lowest BCUT2D eigenvalue weighted by atomic mass is 10.5. The monoisotopic (exact) mass is 92.0 g/mol. The Morgan fingerprint density at radius 1 is 1.14 bits per heavy atom. The number of hydrogen-bond acceptors (Lipinski definition) is 1. The molecule has 4 radical (unpaired) electrons. The van der Waals surface area contributed by atoms with Crippen molar-refractivity contribution in [1.29, 1.82) is 0 Å². The molecule has 0 atom stereocenters. The first-order valence-electron chi connectivity index (χ1n) is 1.90. The number of rotatable bonds is 0. The van der Waals surface area contributed by atoms with Gasteiger partial charge in [0.2, 0.25) is 0 Å². The average Bonchev–Trinajstić information content (AvgIpc) is 1.87. The van der Waals surface area contributed by atoms with Crippen LogP contribution in [-0.2, 0) is 0 Å². The summed E-state index contributed by atoms with van der Waals surface area (Å²) in [5, 5.41) is 0. The first-order valence-corrected chi connectivity index (χ1v) is 1.90. The first kappa shape index (κ1) is 4.44. The molecule has 0 aliphatic rings. The van der Waals surface area contributed by atoms with Gasteiger partial charge in [-0.1, -0.05) is 0 Å². The molecule has 0 bridgehead atoms. The topological polar surface area (TPSA) is 13.1 Å². The zero-order valence-electron chi connectivity index (χ0n) is 3.72. The SMILES string of the molecule is [CH]c1ccc([CH])o1. The van der Waals surface area contributed by atoms with E-state index >= 15 is 0 Å². The summed E-state index contributed by atoms with van der Waals surface area (Å²) in [4.78, 5) is 0. The average molecular weight is 92.1 g/mol. The van der Waals surface area contributed by atoms with Gasteiger partial charge in [0, 0.05) is 13.8 Å². The van der Waals surface area contributed by atoms with Gasteiger partial charge in [0.15, 0.2) is 0 Å². The molecule has 0 aliphatic carbocycles. The lowest BCUT2D eigenvalue weighted by Gasteiger charge is -1.75. The molecule has 1 heteroatoms. The van der Waals surface area contributed by atoms with Crippen LogP contribution in [0.2, 0.25) is 0 Å². The normalized spacial score (nSPS) is 9.43. The molecule has 0 saturated carbocycles. The summed E-state index contributed by atoms with van der Waals surface area (Å²) in [6, 6.07) is 3.21. The summed E-state index contributed by atoms with van der Waals surface area (Å²) < 4.78 is 4.64. The standard InChI is InChI=1S/C6H4O/c1-5-3-4-6(2)7-5/h1-4H. The van der Waals surface area contributed by atoms with E-state index in [1.165, 1.54) is 0 Å². The fourth-order valence-corrected chi connectivity index (χ4v) is 0.368. The fourth-order valence-electron chi connectivity index (χ4n) is 0.368. The van der Waals surface area contributed by atoms with Gasteiger partial charge in [-0.2, -0.15) is 0 Å². The fraction of sp³-hybridized carbons (Fsp3) is 0. The smallest absolute Gasteiger partial charge is 0.108 e. The predicted octanol–water partition coefficient (Wildman–Crippen LogP) is 1.40. The second kappa shape index (κ2) is 1.41.